The number of hydrogen-bond acceptors (Lipinski definition) is 1. The van der Waals surface area contributed by atoms with Crippen molar-refractivity contribution in [2.45, 2.75) is 20.3 Å². The molecule has 0 unspecified atom stereocenters. The molecule has 0 atom stereocenters. The number of hydrogen-bond donors (Lipinski definition) is 0. The van der Waals surface area contributed by atoms with Gasteiger partial charge in [-0.25, -0.2) is 0 Å². The van der Waals surface area contributed by atoms with Gasteiger partial charge in [0, 0.05) is 0 Å². The Hall–Kier alpha value is -1.24. The van der Waals surface area contributed by atoms with Gasteiger partial charge in [-0.05, 0) is 35.1 Å². The normalized spacial score (nSPS) is 17.6. The van der Waals surface area contributed by atoms with E-state index in [4.69, 9.17) is 4.74 Å². The average Bonchev–Trinajstić information content (AvgIpc) is 2.16. The molecule has 0 saturated carbocycles. The maximum Gasteiger partial charge on any atom is 0.119 e. The summed E-state index contributed by atoms with van der Waals surface area (Å²) in [5, 5.41) is 0. The van der Waals surface area contributed by atoms with E-state index in [9.17, 15) is 0 Å². The van der Waals surface area contributed by atoms with Crippen molar-refractivity contribution in [3.8, 4) is 5.75 Å². The van der Waals surface area contributed by atoms with Crippen molar-refractivity contribution in [2.75, 3.05) is 7.11 Å². The molecule has 1 aliphatic rings. The van der Waals surface area contributed by atoms with E-state index in [0.29, 0.717) is 5.41 Å². The third kappa shape index (κ3) is 1.67. The molecule has 0 amide bonds. The van der Waals surface area contributed by atoms with Crippen molar-refractivity contribution in [1.29, 1.82) is 0 Å². The second-order valence-electron chi connectivity index (χ2n) is 4.56. The average molecular weight is 188 g/mol. The van der Waals surface area contributed by atoms with Crippen molar-refractivity contribution in [1.82, 2.24) is 0 Å². The van der Waals surface area contributed by atoms with Crippen LogP contribution in [0.25, 0.3) is 6.08 Å². The van der Waals surface area contributed by atoms with Crippen LogP contribution in [-0.4, -0.2) is 7.11 Å². The van der Waals surface area contributed by atoms with E-state index < -0.39 is 0 Å². The second-order valence-corrected chi connectivity index (χ2v) is 4.56. The van der Waals surface area contributed by atoms with Crippen molar-refractivity contribution in [2.24, 2.45) is 5.41 Å². The second kappa shape index (κ2) is 3.16. The first-order chi connectivity index (χ1) is 6.61. The van der Waals surface area contributed by atoms with Crippen LogP contribution in [0.4, 0.5) is 0 Å². The molecule has 1 aliphatic carbocycles. The van der Waals surface area contributed by atoms with E-state index >= 15 is 0 Å². The molecule has 14 heavy (non-hydrogen) atoms. The van der Waals surface area contributed by atoms with E-state index in [1.54, 1.807) is 7.11 Å². The van der Waals surface area contributed by atoms with Crippen LogP contribution in [0, 0.1) is 5.41 Å². The van der Waals surface area contributed by atoms with E-state index in [1.165, 1.54) is 11.1 Å². The fourth-order valence-electron chi connectivity index (χ4n) is 1.88. The Labute approximate surface area is 85.4 Å². The molecule has 0 aliphatic heterocycles. The van der Waals surface area contributed by atoms with Crippen LogP contribution in [-0.2, 0) is 6.42 Å². The Kier molecular flexibility index (Phi) is 2.10. The first-order valence-corrected chi connectivity index (χ1v) is 4.97. The van der Waals surface area contributed by atoms with Gasteiger partial charge >= 0.3 is 0 Å². The van der Waals surface area contributed by atoms with Crippen LogP contribution >= 0.6 is 0 Å². The molecule has 0 aromatic heterocycles. The number of rotatable bonds is 1. The lowest BCUT2D eigenvalue weighted by atomic mass is 9.79. The first-order valence-electron chi connectivity index (χ1n) is 4.97. The lowest BCUT2D eigenvalue weighted by Crippen LogP contribution is -2.15. The van der Waals surface area contributed by atoms with Gasteiger partial charge in [-0.3, -0.25) is 0 Å². The zero-order valence-corrected chi connectivity index (χ0v) is 9.00. The monoisotopic (exact) mass is 188 g/mol. The Balaban J connectivity index is 2.41. The van der Waals surface area contributed by atoms with Crippen molar-refractivity contribution >= 4 is 6.08 Å². The van der Waals surface area contributed by atoms with Crippen LogP contribution in [0.2, 0.25) is 0 Å². The molecule has 0 spiro atoms. The third-order valence-corrected chi connectivity index (χ3v) is 2.71. The SMILES string of the molecule is COc1ccc2c(c1)C=CC(C)(C)C2. The summed E-state index contributed by atoms with van der Waals surface area (Å²) in [4.78, 5) is 0. The number of fused-ring (bicyclic) bond motifs is 1. The maximum atomic E-state index is 5.20. The van der Waals surface area contributed by atoms with Gasteiger partial charge in [0.2, 0.25) is 0 Å². The molecule has 1 heteroatoms. The Morgan fingerprint density at radius 1 is 1.29 bits per heavy atom. The number of methoxy groups -OCH3 is 1. The van der Waals surface area contributed by atoms with Gasteiger partial charge in [-0.15, -0.1) is 0 Å². The minimum atomic E-state index is 0.293. The quantitative estimate of drug-likeness (QED) is 0.657. The summed E-state index contributed by atoms with van der Waals surface area (Å²) in [5.41, 5.74) is 3.00. The maximum absolute atomic E-state index is 5.20. The first kappa shape index (κ1) is 9.32. The van der Waals surface area contributed by atoms with Gasteiger partial charge in [-0.1, -0.05) is 32.1 Å². The minimum absolute atomic E-state index is 0.293. The fourth-order valence-corrected chi connectivity index (χ4v) is 1.88. The number of ether oxygens (including phenoxy) is 1. The van der Waals surface area contributed by atoms with E-state index in [2.05, 4.69) is 38.1 Å². The molecular weight excluding hydrogens is 172 g/mol. The zero-order valence-electron chi connectivity index (χ0n) is 9.00. The highest BCUT2D eigenvalue weighted by Gasteiger charge is 2.20. The molecule has 0 radical (unpaired) electrons. The molecule has 1 aromatic rings. The van der Waals surface area contributed by atoms with Crippen molar-refractivity contribution < 1.29 is 4.74 Å². The summed E-state index contributed by atoms with van der Waals surface area (Å²) < 4.78 is 5.20. The summed E-state index contributed by atoms with van der Waals surface area (Å²) in [7, 11) is 1.71. The molecule has 0 fully saturated rings. The molecule has 1 nitrogen and oxygen atoms in total. The van der Waals surface area contributed by atoms with E-state index in [1.807, 2.05) is 6.07 Å². The summed E-state index contributed by atoms with van der Waals surface area (Å²) in [6.07, 6.45) is 5.58. The summed E-state index contributed by atoms with van der Waals surface area (Å²) in [5.74, 6) is 0.938. The third-order valence-electron chi connectivity index (χ3n) is 2.71. The lowest BCUT2D eigenvalue weighted by molar-refractivity contribution is 0.413. The van der Waals surface area contributed by atoms with Gasteiger partial charge in [0.15, 0.2) is 0 Å². The molecule has 1 aromatic carbocycles. The van der Waals surface area contributed by atoms with Crippen molar-refractivity contribution in [3.63, 3.8) is 0 Å². The summed E-state index contributed by atoms with van der Waals surface area (Å²) >= 11 is 0. The smallest absolute Gasteiger partial charge is 0.119 e. The highest BCUT2D eigenvalue weighted by molar-refractivity contribution is 5.59. The van der Waals surface area contributed by atoms with Gasteiger partial charge in [-0.2, -0.15) is 0 Å². The highest BCUT2D eigenvalue weighted by Crippen LogP contribution is 2.33. The van der Waals surface area contributed by atoms with Crippen molar-refractivity contribution in [3.05, 3.63) is 35.4 Å². The van der Waals surface area contributed by atoms with Gasteiger partial charge in [0.05, 0.1) is 7.11 Å². The molecule has 74 valence electrons. The van der Waals surface area contributed by atoms with Crippen LogP contribution in [0.1, 0.15) is 25.0 Å². The topological polar surface area (TPSA) is 9.23 Å². The molecule has 2 rings (SSSR count). The van der Waals surface area contributed by atoms with Crippen LogP contribution < -0.4 is 4.74 Å². The predicted molar refractivity (Wildman–Crippen MR) is 59.5 cm³/mol. The zero-order chi connectivity index (χ0) is 10.2. The Morgan fingerprint density at radius 3 is 2.79 bits per heavy atom. The Bertz CT molecular complexity index is 375. The fraction of sp³-hybridized carbons (Fsp3) is 0.385. The van der Waals surface area contributed by atoms with Gasteiger partial charge < -0.3 is 4.74 Å². The van der Waals surface area contributed by atoms with E-state index in [-0.39, 0.29) is 0 Å². The molecule has 0 N–H and O–H groups in total. The molecule has 0 heterocycles. The van der Waals surface area contributed by atoms with Crippen LogP contribution in [0.5, 0.6) is 5.75 Å². The van der Waals surface area contributed by atoms with E-state index in [0.717, 1.165) is 12.2 Å². The largest absolute Gasteiger partial charge is 0.497 e. The lowest BCUT2D eigenvalue weighted by Gasteiger charge is -2.25. The van der Waals surface area contributed by atoms with Crippen LogP contribution in [0.3, 0.4) is 0 Å². The van der Waals surface area contributed by atoms with Gasteiger partial charge in [0.1, 0.15) is 5.75 Å². The molecular formula is C13H16O. The molecule has 0 bridgehead atoms. The number of benzene rings is 1. The summed E-state index contributed by atoms with van der Waals surface area (Å²) in [6.45, 7) is 4.52. The highest BCUT2D eigenvalue weighted by atomic mass is 16.5. The predicted octanol–water partition coefficient (Wildman–Crippen LogP) is 3.29. The van der Waals surface area contributed by atoms with Crippen LogP contribution in [0.15, 0.2) is 24.3 Å². The Morgan fingerprint density at radius 2 is 2.07 bits per heavy atom. The summed E-state index contributed by atoms with van der Waals surface area (Å²) in [6, 6.07) is 6.30. The standard InChI is InChI=1S/C13H16O/c1-13(2)7-6-10-8-12(14-3)5-4-11(10)9-13/h4-8H,9H2,1-3H3. The molecule has 0 saturated heterocycles. The number of allylic oxidation sites excluding steroid dienone is 1. The minimum Gasteiger partial charge on any atom is -0.497 e. The van der Waals surface area contributed by atoms with Gasteiger partial charge in [0.25, 0.3) is 0 Å².